The molecule has 0 spiro atoms. The summed E-state index contributed by atoms with van der Waals surface area (Å²) < 4.78 is 350. The van der Waals surface area contributed by atoms with Crippen LogP contribution in [0.3, 0.4) is 0 Å². The van der Waals surface area contributed by atoms with E-state index in [0.717, 1.165) is 0 Å². The van der Waals surface area contributed by atoms with Gasteiger partial charge in [-0.25, -0.2) is 0 Å². The third-order valence-corrected chi connectivity index (χ3v) is 10.6. The van der Waals surface area contributed by atoms with Crippen molar-refractivity contribution in [3.8, 4) is 0 Å². The van der Waals surface area contributed by atoms with E-state index in [-0.39, 0.29) is 19.8 Å². The van der Waals surface area contributed by atoms with Gasteiger partial charge in [0.25, 0.3) is 0 Å². The molecule has 0 atom stereocenters. The van der Waals surface area contributed by atoms with Crippen LogP contribution < -0.4 is 0 Å². The van der Waals surface area contributed by atoms with Crippen LogP contribution in [0, 0.1) is 0 Å². The van der Waals surface area contributed by atoms with Crippen molar-refractivity contribution in [3.63, 3.8) is 0 Å². The minimum Gasteiger partial charge on any atom is -0.390 e. The first kappa shape index (κ1) is 56.5. The van der Waals surface area contributed by atoms with Gasteiger partial charge >= 0.3 is 89.2 Å². The van der Waals surface area contributed by atoms with Crippen molar-refractivity contribution < 1.29 is 142 Å². The third-order valence-electron chi connectivity index (χ3n) is 6.61. The van der Waals surface area contributed by atoms with Crippen molar-refractivity contribution >= 4 is 17.6 Å². The van der Waals surface area contributed by atoms with Crippen molar-refractivity contribution in [2.75, 3.05) is 19.8 Å². The molecular weight excluding hydrogens is 910 g/mol. The van der Waals surface area contributed by atoms with Gasteiger partial charge in [0, 0.05) is 44.8 Å². The van der Waals surface area contributed by atoms with E-state index >= 15 is 0 Å². The van der Waals surface area contributed by atoms with E-state index in [9.17, 15) is 114 Å². The van der Waals surface area contributed by atoms with Crippen LogP contribution in [0.1, 0.15) is 33.6 Å². The molecular formula is C22H26F26O6Si2. The first-order valence-corrected chi connectivity index (χ1v) is 18.1. The Hall–Kier alpha value is -1.63. The highest BCUT2D eigenvalue weighted by molar-refractivity contribution is 6.60. The molecule has 0 rings (SSSR count). The molecule has 0 amide bonds. The van der Waals surface area contributed by atoms with E-state index in [2.05, 4.69) is 0 Å². The Kier molecular flexibility index (Phi) is 17.3. The van der Waals surface area contributed by atoms with E-state index in [1.54, 1.807) is 0 Å². The molecule has 0 aromatic carbocycles. The highest BCUT2D eigenvalue weighted by Crippen LogP contribution is 2.62. The Labute approximate surface area is 297 Å². The molecule has 34 heteroatoms. The van der Waals surface area contributed by atoms with E-state index in [4.69, 9.17) is 27.7 Å². The fourth-order valence-electron chi connectivity index (χ4n) is 3.55. The van der Waals surface area contributed by atoms with Gasteiger partial charge in [0.2, 0.25) is 0 Å². The second-order valence-corrected chi connectivity index (χ2v) is 15.5. The number of hydrogen-bond acceptors (Lipinski definition) is 6. The van der Waals surface area contributed by atoms with Gasteiger partial charge in [0.05, 0.1) is 0 Å². The van der Waals surface area contributed by atoms with Gasteiger partial charge in [0.15, 0.2) is 0 Å². The molecule has 3 N–H and O–H groups in total. The number of rotatable bonds is 20. The van der Waals surface area contributed by atoms with Crippen LogP contribution in [0.4, 0.5) is 114 Å². The molecule has 0 heterocycles. The summed E-state index contributed by atoms with van der Waals surface area (Å²) >= 11 is 0. The maximum absolute atomic E-state index is 13.9. The lowest BCUT2D eigenvalue weighted by Gasteiger charge is -2.40. The predicted octanol–water partition coefficient (Wildman–Crippen LogP) is 9.19. The van der Waals surface area contributed by atoms with Crippen molar-refractivity contribution in [1.82, 2.24) is 0 Å². The van der Waals surface area contributed by atoms with Crippen molar-refractivity contribution in [2.24, 2.45) is 0 Å². The Balaban J connectivity index is 0. The summed E-state index contributed by atoms with van der Waals surface area (Å²) in [6.07, 6.45) is -20.2. The Morgan fingerprint density at radius 2 is 0.554 bits per heavy atom. The predicted molar refractivity (Wildman–Crippen MR) is 133 cm³/mol. The summed E-state index contributed by atoms with van der Waals surface area (Å²) in [7, 11) is -9.82. The van der Waals surface area contributed by atoms with Gasteiger partial charge in [-0.05, 0) is 20.8 Å². The fraction of sp³-hybridized carbons (Fsp3) is 1.00. The van der Waals surface area contributed by atoms with Crippen molar-refractivity contribution in [3.05, 3.63) is 0 Å². The largest absolute Gasteiger partial charge is 0.501 e. The molecule has 0 aliphatic heterocycles. The smallest absolute Gasteiger partial charge is 0.390 e. The van der Waals surface area contributed by atoms with Crippen LogP contribution in [-0.2, 0) is 13.3 Å². The van der Waals surface area contributed by atoms with Gasteiger partial charge in [0.1, 0.15) is 0 Å². The summed E-state index contributed by atoms with van der Waals surface area (Å²) in [6, 6.07) is -3.49. The second-order valence-electron chi connectivity index (χ2n) is 10.8. The van der Waals surface area contributed by atoms with Crippen LogP contribution in [0.2, 0.25) is 12.1 Å². The molecule has 0 saturated heterocycles. The summed E-state index contributed by atoms with van der Waals surface area (Å²) in [5, 5.41) is 0. The SMILES string of the molecule is CCO[Si](CCC(F)(F)C(F)(F)C(F)(F)C(F)(F)C(F)(F)C(F)(F)F)(OCC)OCC.O[Si](O)(O)CCC(F)(F)C(F)(F)C(F)(F)C(F)(F)C(F)(F)C(F)(F)F. The maximum atomic E-state index is 13.9. The first-order valence-electron chi connectivity index (χ1n) is 14.1. The Morgan fingerprint density at radius 1 is 0.339 bits per heavy atom. The lowest BCUT2D eigenvalue weighted by Crippen LogP contribution is -2.70. The molecule has 0 radical (unpaired) electrons. The Bertz CT molecular complexity index is 1230. The summed E-state index contributed by atoms with van der Waals surface area (Å²) in [5.41, 5.74) is 0. The molecule has 6 nitrogen and oxygen atoms in total. The average Bonchev–Trinajstić information content (AvgIpc) is 2.97. The van der Waals surface area contributed by atoms with Gasteiger partial charge in [-0.2, -0.15) is 114 Å². The number of alkyl halides is 26. The lowest BCUT2D eigenvalue weighted by molar-refractivity contribution is -0.440. The zero-order chi connectivity index (χ0) is 46.1. The number of halogens is 26. The van der Waals surface area contributed by atoms with E-state index in [0.29, 0.717) is 0 Å². The van der Waals surface area contributed by atoms with Crippen molar-refractivity contribution in [2.45, 2.75) is 117 Å². The van der Waals surface area contributed by atoms with Crippen LogP contribution in [0.25, 0.3) is 0 Å². The topological polar surface area (TPSA) is 88.4 Å². The standard InChI is InChI=1S/C14H19F13O3Si.C8H7F13O3Si/c1-4-28-31(29-5-2,30-6-3)8-7-9(15,16)10(17,18)11(19,20)12(21,22)13(23,24)14(25,26)27;9-3(10,1-2-25(22,23)24)4(11,12)5(13,14)6(15,16)7(17,18)8(19,20)21/h4-8H2,1-3H3;22-24H,1-2H2. The zero-order valence-corrected chi connectivity index (χ0v) is 29.3. The minimum absolute atomic E-state index is 0.291. The van der Waals surface area contributed by atoms with Crippen molar-refractivity contribution in [1.29, 1.82) is 0 Å². The maximum Gasteiger partial charge on any atom is 0.501 e. The molecule has 0 unspecified atom stereocenters. The molecule has 0 aromatic heterocycles. The second kappa shape index (κ2) is 17.2. The molecule has 56 heavy (non-hydrogen) atoms. The molecule has 0 aromatic rings. The molecule has 0 fully saturated rings. The van der Waals surface area contributed by atoms with Crippen LogP contribution in [0.5, 0.6) is 0 Å². The van der Waals surface area contributed by atoms with E-state index in [1.807, 2.05) is 0 Å². The van der Waals surface area contributed by atoms with Gasteiger partial charge < -0.3 is 27.7 Å². The monoisotopic (exact) mass is 936 g/mol. The third kappa shape index (κ3) is 10.6. The molecule has 0 bridgehead atoms. The summed E-state index contributed by atoms with van der Waals surface area (Å²) in [6.45, 7) is 3.00. The normalized spacial score (nSPS) is 15.9. The summed E-state index contributed by atoms with van der Waals surface area (Å²) in [5.74, 6) is -74.6. The highest BCUT2D eigenvalue weighted by Gasteiger charge is 2.92. The molecule has 340 valence electrons. The van der Waals surface area contributed by atoms with Crippen LogP contribution >= 0.6 is 0 Å². The van der Waals surface area contributed by atoms with Gasteiger partial charge in [-0.15, -0.1) is 0 Å². The highest BCUT2D eigenvalue weighted by atomic mass is 28.4. The molecule has 0 saturated carbocycles. The Morgan fingerprint density at radius 3 is 0.750 bits per heavy atom. The van der Waals surface area contributed by atoms with E-state index in [1.165, 1.54) is 20.8 Å². The average molecular weight is 937 g/mol. The first-order chi connectivity index (χ1) is 24.1. The lowest BCUT2D eigenvalue weighted by atomic mass is 9.93. The van der Waals surface area contributed by atoms with Gasteiger partial charge in [-0.3, -0.25) is 0 Å². The van der Waals surface area contributed by atoms with Gasteiger partial charge in [-0.1, -0.05) is 0 Å². The quantitative estimate of drug-likeness (QED) is 0.0835. The summed E-state index contributed by atoms with van der Waals surface area (Å²) in [4.78, 5) is 24.9. The fourth-order valence-corrected chi connectivity index (χ4v) is 6.83. The van der Waals surface area contributed by atoms with Crippen LogP contribution in [-0.4, -0.2) is 123 Å². The number of hydrogen-bond donors (Lipinski definition) is 3. The van der Waals surface area contributed by atoms with E-state index < -0.39 is 114 Å². The zero-order valence-electron chi connectivity index (χ0n) is 27.3. The molecule has 0 aliphatic rings. The minimum atomic E-state index is -8.00. The molecule has 0 aliphatic carbocycles. The van der Waals surface area contributed by atoms with Crippen LogP contribution in [0.15, 0.2) is 0 Å².